The topological polar surface area (TPSA) is 77.1 Å². The number of nitrogens with zero attached hydrogens (tertiary/aromatic N) is 3. The van der Waals surface area contributed by atoms with Crippen LogP contribution in [0.5, 0.6) is 11.5 Å². The van der Waals surface area contributed by atoms with Crippen LogP contribution in [0.1, 0.15) is 23.0 Å². The van der Waals surface area contributed by atoms with Crippen molar-refractivity contribution in [1.82, 2.24) is 9.55 Å². The molecule has 1 heterocycles. The molecule has 0 atom stereocenters. The Hall–Kier alpha value is -3.73. The summed E-state index contributed by atoms with van der Waals surface area (Å²) in [5, 5.41) is 8.88. The van der Waals surface area contributed by atoms with Gasteiger partial charge in [0.05, 0.1) is 24.6 Å². The van der Waals surface area contributed by atoms with Gasteiger partial charge in [0.2, 0.25) is 0 Å². The number of methoxy groups -OCH3 is 1. The van der Waals surface area contributed by atoms with E-state index in [2.05, 4.69) is 4.98 Å². The Morgan fingerprint density at radius 3 is 2.61 bits per heavy atom. The molecule has 0 fully saturated rings. The van der Waals surface area contributed by atoms with Crippen LogP contribution in [-0.2, 0) is 6.54 Å². The van der Waals surface area contributed by atoms with Crippen LogP contribution in [0.3, 0.4) is 0 Å². The molecule has 28 heavy (non-hydrogen) atoms. The van der Waals surface area contributed by atoms with Gasteiger partial charge in [-0.15, -0.1) is 0 Å². The molecule has 0 radical (unpaired) electrons. The average molecular weight is 383 g/mol. The molecule has 142 valence electrons. The summed E-state index contributed by atoms with van der Waals surface area (Å²) in [4.78, 5) is 16.3. The normalized spacial score (nSPS) is 10.4. The van der Waals surface area contributed by atoms with E-state index in [9.17, 15) is 13.6 Å². The molecule has 0 saturated heterocycles. The highest BCUT2D eigenvalue weighted by Crippen LogP contribution is 2.38. The van der Waals surface area contributed by atoms with E-state index < -0.39 is 17.6 Å². The summed E-state index contributed by atoms with van der Waals surface area (Å²) in [7, 11) is 1.28. The van der Waals surface area contributed by atoms with Gasteiger partial charge in [-0.1, -0.05) is 6.07 Å². The van der Waals surface area contributed by atoms with Gasteiger partial charge in [-0.3, -0.25) is 0 Å². The molecule has 0 aliphatic heterocycles. The molecule has 2 aromatic carbocycles. The second kappa shape index (κ2) is 7.88. The number of nitriles is 1. The smallest absolute Gasteiger partial charge is 0.363 e. The summed E-state index contributed by atoms with van der Waals surface area (Å²) in [6.07, 6.45) is 2.98. The highest BCUT2D eigenvalue weighted by atomic mass is 19.1. The SMILES string of the molecule is CCn1cnc(C(=O)Oc2ccc(OC)c(F)c2-c2ccc(C#N)c(F)c2)c1. The summed E-state index contributed by atoms with van der Waals surface area (Å²) in [5.74, 6) is -2.66. The maximum Gasteiger partial charge on any atom is 0.363 e. The summed E-state index contributed by atoms with van der Waals surface area (Å²) < 4.78 is 40.9. The molecule has 8 heteroatoms. The second-order valence-electron chi connectivity index (χ2n) is 5.74. The van der Waals surface area contributed by atoms with Gasteiger partial charge in [0.25, 0.3) is 0 Å². The van der Waals surface area contributed by atoms with Crippen molar-refractivity contribution in [1.29, 1.82) is 5.26 Å². The number of aryl methyl sites for hydroxylation is 1. The van der Waals surface area contributed by atoms with E-state index in [1.807, 2.05) is 6.92 Å². The third-order valence-corrected chi connectivity index (χ3v) is 4.08. The van der Waals surface area contributed by atoms with Crippen LogP contribution >= 0.6 is 0 Å². The molecule has 0 aliphatic carbocycles. The summed E-state index contributed by atoms with van der Waals surface area (Å²) in [6, 6.07) is 7.93. The molecule has 0 unspecified atom stereocenters. The zero-order valence-electron chi connectivity index (χ0n) is 15.1. The molecule has 0 aliphatic rings. The molecule has 3 rings (SSSR count). The van der Waals surface area contributed by atoms with Crippen LogP contribution < -0.4 is 9.47 Å². The van der Waals surface area contributed by atoms with E-state index in [0.29, 0.717) is 6.54 Å². The fraction of sp³-hybridized carbons (Fsp3) is 0.150. The van der Waals surface area contributed by atoms with Crippen molar-refractivity contribution in [3.05, 3.63) is 65.7 Å². The fourth-order valence-electron chi connectivity index (χ4n) is 2.60. The number of carbonyl (C=O) groups excluding carboxylic acids is 1. The van der Waals surface area contributed by atoms with Crippen molar-refractivity contribution >= 4 is 5.97 Å². The lowest BCUT2D eigenvalue weighted by Crippen LogP contribution is -2.10. The Labute approximate surface area is 159 Å². The zero-order valence-corrected chi connectivity index (χ0v) is 15.1. The maximum atomic E-state index is 14.9. The van der Waals surface area contributed by atoms with E-state index >= 15 is 0 Å². The van der Waals surface area contributed by atoms with Gasteiger partial charge in [0.15, 0.2) is 17.3 Å². The molecule has 0 saturated carbocycles. The number of rotatable bonds is 5. The molecular formula is C20H15F2N3O3. The Morgan fingerprint density at radius 2 is 2.00 bits per heavy atom. The Bertz CT molecular complexity index is 1090. The Balaban J connectivity index is 2.06. The number of ether oxygens (including phenoxy) is 2. The predicted molar refractivity (Wildman–Crippen MR) is 95.9 cm³/mol. The van der Waals surface area contributed by atoms with Crippen LogP contribution in [0.2, 0.25) is 0 Å². The molecule has 0 N–H and O–H groups in total. The standard InChI is InChI=1S/C20H15F2N3O3/c1-3-25-10-15(24-11-25)20(26)28-16-6-7-17(27-2)19(22)18(16)12-4-5-13(9-23)14(21)8-12/h4-8,10-11H,3H2,1-2H3. The average Bonchev–Trinajstić information content (AvgIpc) is 3.18. The van der Waals surface area contributed by atoms with Gasteiger partial charge in [-0.2, -0.15) is 5.26 Å². The summed E-state index contributed by atoms with van der Waals surface area (Å²) in [6.45, 7) is 2.50. The molecule has 0 bridgehead atoms. The van der Waals surface area contributed by atoms with Gasteiger partial charge >= 0.3 is 5.97 Å². The molecule has 6 nitrogen and oxygen atoms in total. The first-order valence-electron chi connectivity index (χ1n) is 8.29. The molecular weight excluding hydrogens is 368 g/mol. The first kappa shape index (κ1) is 19.0. The first-order chi connectivity index (χ1) is 13.5. The number of halogens is 2. The zero-order chi connectivity index (χ0) is 20.3. The number of imidazole rings is 1. The number of benzene rings is 2. The maximum absolute atomic E-state index is 14.9. The molecule has 3 aromatic rings. The highest BCUT2D eigenvalue weighted by Gasteiger charge is 2.22. The van der Waals surface area contributed by atoms with Gasteiger partial charge in [0, 0.05) is 12.7 Å². The minimum absolute atomic E-state index is 0.0510. The van der Waals surface area contributed by atoms with Gasteiger partial charge < -0.3 is 14.0 Å². The monoisotopic (exact) mass is 383 g/mol. The van der Waals surface area contributed by atoms with Crippen LogP contribution in [0, 0.1) is 23.0 Å². The Kier molecular flexibility index (Phi) is 5.36. The third-order valence-electron chi connectivity index (χ3n) is 4.08. The van der Waals surface area contributed by atoms with Crippen molar-refractivity contribution in [2.45, 2.75) is 13.5 Å². The summed E-state index contributed by atoms with van der Waals surface area (Å²) in [5.41, 5.74) is -0.202. The lowest BCUT2D eigenvalue weighted by molar-refractivity contribution is 0.0729. The molecule has 0 amide bonds. The Morgan fingerprint density at radius 1 is 1.25 bits per heavy atom. The van der Waals surface area contributed by atoms with Gasteiger partial charge in [0.1, 0.15) is 17.6 Å². The lowest BCUT2D eigenvalue weighted by Gasteiger charge is -2.13. The quantitative estimate of drug-likeness (QED) is 0.493. The molecule has 0 spiro atoms. The van der Waals surface area contributed by atoms with Crippen molar-refractivity contribution in [2.75, 3.05) is 7.11 Å². The number of hydrogen-bond acceptors (Lipinski definition) is 5. The van der Waals surface area contributed by atoms with Crippen LogP contribution in [0.4, 0.5) is 8.78 Å². The lowest BCUT2D eigenvalue weighted by atomic mass is 10.0. The van der Waals surface area contributed by atoms with Crippen LogP contribution in [0.25, 0.3) is 11.1 Å². The van der Waals surface area contributed by atoms with Gasteiger partial charge in [-0.25, -0.2) is 18.6 Å². The summed E-state index contributed by atoms with van der Waals surface area (Å²) >= 11 is 0. The van der Waals surface area contributed by atoms with E-state index in [-0.39, 0.29) is 33.9 Å². The molecule has 1 aromatic heterocycles. The third kappa shape index (κ3) is 3.55. The number of hydrogen-bond donors (Lipinski definition) is 0. The van der Waals surface area contributed by atoms with E-state index in [0.717, 1.165) is 6.07 Å². The van der Waals surface area contributed by atoms with E-state index in [4.69, 9.17) is 14.7 Å². The second-order valence-corrected chi connectivity index (χ2v) is 5.74. The van der Waals surface area contributed by atoms with Crippen molar-refractivity contribution in [3.63, 3.8) is 0 Å². The van der Waals surface area contributed by atoms with Crippen molar-refractivity contribution in [2.24, 2.45) is 0 Å². The van der Waals surface area contributed by atoms with Gasteiger partial charge in [-0.05, 0) is 36.8 Å². The minimum Gasteiger partial charge on any atom is -0.494 e. The van der Waals surface area contributed by atoms with Crippen LogP contribution in [-0.4, -0.2) is 22.6 Å². The fourth-order valence-corrected chi connectivity index (χ4v) is 2.60. The largest absolute Gasteiger partial charge is 0.494 e. The number of esters is 1. The van der Waals surface area contributed by atoms with Crippen molar-refractivity contribution < 1.29 is 23.0 Å². The van der Waals surface area contributed by atoms with E-state index in [1.54, 1.807) is 10.6 Å². The predicted octanol–water partition coefficient (Wildman–Crippen LogP) is 3.95. The first-order valence-corrected chi connectivity index (χ1v) is 8.29. The number of aromatic nitrogens is 2. The highest BCUT2D eigenvalue weighted by molar-refractivity contribution is 5.90. The number of carbonyl (C=O) groups is 1. The van der Waals surface area contributed by atoms with E-state index in [1.165, 1.54) is 43.9 Å². The van der Waals surface area contributed by atoms with Crippen molar-refractivity contribution in [3.8, 4) is 28.7 Å². The minimum atomic E-state index is -0.823. The van der Waals surface area contributed by atoms with Crippen LogP contribution in [0.15, 0.2) is 42.9 Å².